The van der Waals surface area contributed by atoms with Gasteiger partial charge < -0.3 is 21.4 Å². The highest BCUT2D eigenvalue weighted by Gasteiger charge is 2.24. The van der Waals surface area contributed by atoms with Gasteiger partial charge in [-0.25, -0.2) is 9.37 Å². The van der Waals surface area contributed by atoms with E-state index in [0.29, 0.717) is 22.8 Å². The maximum atomic E-state index is 13.8. The van der Waals surface area contributed by atoms with Gasteiger partial charge in [-0.2, -0.15) is 0 Å². The molecule has 23 heavy (non-hydrogen) atoms. The van der Waals surface area contributed by atoms with Crippen LogP contribution in [0.1, 0.15) is 29.0 Å². The van der Waals surface area contributed by atoms with E-state index in [-0.39, 0.29) is 5.56 Å². The first-order chi connectivity index (χ1) is 11.0. The summed E-state index contributed by atoms with van der Waals surface area (Å²) in [5.41, 5.74) is 13.2. The van der Waals surface area contributed by atoms with Crippen LogP contribution in [0.2, 0.25) is 0 Å². The second-order valence-electron chi connectivity index (χ2n) is 5.83. The van der Waals surface area contributed by atoms with Crippen LogP contribution in [0.3, 0.4) is 0 Å². The van der Waals surface area contributed by atoms with Crippen molar-refractivity contribution >= 4 is 22.5 Å². The van der Waals surface area contributed by atoms with Gasteiger partial charge in [0.1, 0.15) is 17.2 Å². The normalized spacial score (nSPS) is 16.9. The van der Waals surface area contributed by atoms with Crippen molar-refractivity contribution in [1.82, 2.24) is 14.9 Å². The zero-order chi connectivity index (χ0) is 16.6. The van der Waals surface area contributed by atoms with Crippen molar-refractivity contribution in [1.29, 1.82) is 0 Å². The SMILES string of the molecule is Cn1c(C(=CN)C2CCNCC2)nc2c(C(N)=O)cc(F)cc21. The van der Waals surface area contributed by atoms with Crippen LogP contribution < -0.4 is 16.8 Å². The quantitative estimate of drug-likeness (QED) is 0.789. The first-order valence-corrected chi connectivity index (χ1v) is 7.61. The molecule has 6 nitrogen and oxygen atoms in total. The third kappa shape index (κ3) is 2.68. The summed E-state index contributed by atoms with van der Waals surface area (Å²) < 4.78 is 15.6. The lowest BCUT2D eigenvalue weighted by Crippen LogP contribution is -2.29. The first-order valence-electron chi connectivity index (χ1n) is 7.61. The number of rotatable bonds is 3. The Morgan fingerprint density at radius 2 is 2.13 bits per heavy atom. The Labute approximate surface area is 133 Å². The van der Waals surface area contributed by atoms with Crippen LogP contribution in [-0.2, 0) is 7.05 Å². The summed E-state index contributed by atoms with van der Waals surface area (Å²) in [6.45, 7) is 1.85. The second-order valence-corrected chi connectivity index (χ2v) is 5.83. The number of hydrogen-bond donors (Lipinski definition) is 3. The van der Waals surface area contributed by atoms with Crippen LogP contribution in [0, 0.1) is 11.7 Å². The molecule has 1 amide bonds. The number of halogens is 1. The summed E-state index contributed by atoms with van der Waals surface area (Å²) in [4.78, 5) is 16.1. The lowest BCUT2D eigenvalue weighted by molar-refractivity contribution is 0.100. The number of carbonyl (C=O) groups excluding carboxylic acids is 1. The average Bonchev–Trinajstić information content (AvgIpc) is 2.86. The standard InChI is InChI=1S/C16H20FN5O/c1-22-13-7-10(17)6-11(15(19)23)14(13)21-16(22)12(8-18)9-2-4-20-5-3-9/h6-9,20H,2-5,18H2,1H3,(H2,19,23). The van der Waals surface area contributed by atoms with E-state index in [0.717, 1.165) is 37.6 Å². The van der Waals surface area contributed by atoms with E-state index in [2.05, 4.69) is 10.3 Å². The highest BCUT2D eigenvalue weighted by Crippen LogP contribution is 2.31. The van der Waals surface area contributed by atoms with Crippen LogP contribution in [0.5, 0.6) is 0 Å². The molecule has 1 aromatic carbocycles. The van der Waals surface area contributed by atoms with Crippen LogP contribution in [-0.4, -0.2) is 28.5 Å². The molecule has 3 rings (SSSR count). The summed E-state index contributed by atoms with van der Waals surface area (Å²) in [6, 6.07) is 2.48. The number of fused-ring (bicyclic) bond motifs is 1. The molecule has 1 saturated heterocycles. The summed E-state index contributed by atoms with van der Waals surface area (Å²) in [5, 5.41) is 3.31. The van der Waals surface area contributed by atoms with Crippen molar-refractivity contribution < 1.29 is 9.18 Å². The number of amides is 1. The number of hydrogen-bond acceptors (Lipinski definition) is 4. The van der Waals surface area contributed by atoms with Gasteiger partial charge in [-0.3, -0.25) is 4.79 Å². The minimum atomic E-state index is -0.695. The van der Waals surface area contributed by atoms with E-state index < -0.39 is 11.7 Å². The number of primary amides is 1. The van der Waals surface area contributed by atoms with Gasteiger partial charge in [0.05, 0.1) is 11.1 Å². The average molecular weight is 317 g/mol. The van der Waals surface area contributed by atoms with Gasteiger partial charge in [0.15, 0.2) is 0 Å². The number of aromatic nitrogens is 2. The fourth-order valence-corrected chi connectivity index (χ4v) is 3.23. The molecule has 122 valence electrons. The Hall–Kier alpha value is -2.41. The van der Waals surface area contributed by atoms with Gasteiger partial charge >= 0.3 is 0 Å². The fraction of sp³-hybridized carbons (Fsp3) is 0.375. The van der Waals surface area contributed by atoms with Gasteiger partial charge in [0.25, 0.3) is 5.91 Å². The first kappa shape index (κ1) is 15.5. The van der Waals surface area contributed by atoms with E-state index in [4.69, 9.17) is 11.5 Å². The Morgan fingerprint density at radius 1 is 1.43 bits per heavy atom. The number of allylic oxidation sites excluding steroid dienone is 1. The molecule has 0 atom stereocenters. The highest BCUT2D eigenvalue weighted by atomic mass is 19.1. The zero-order valence-corrected chi connectivity index (χ0v) is 13.0. The summed E-state index contributed by atoms with van der Waals surface area (Å²) in [7, 11) is 1.79. The number of imidazole rings is 1. The number of nitrogens with zero attached hydrogens (tertiary/aromatic N) is 2. The largest absolute Gasteiger partial charge is 0.404 e. The van der Waals surface area contributed by atoms with Gasteiger partial charge in [0.2, 0.25) is 0 Å². The highest BCUT2D eigenvalue weighted by molar-refractivity contribution is 6.04. The molecule has 1 fully saturated rings. The maximum absolute atomic E-state index is 13.8. The van der Waals surface area contributed by atoms with Crippen molar-refractivity contribution in [2.45, 2.75) is 12.8 Å². The van der Waals surface area contributed by atoms with E-state index >= 15 is 0 Å². The van der Waals surface area contributed by atoms with E-state index in [1.807, 2.05) is 0 Å². The monoisotopic (exact) mass is 317 g/mol. The molecule has 1 aliphatic heterocycles. The van der Waals surface area contributed by atoms with Gasteiger partial charge in [-0.15, -0.1) is 0 Å². The minimum absolute atomic E-state index is 0.0866. The predicted octanol–water partition coefficient (Wildman–Crippen LogP) is 1.11. The molecular weight excluding hydrogens is 297 g/mol. The van der Waals surface area contributed by atoms with Gasteiger partial charge in [0, 0.05) is 18.8 Å². The summed E-state index contributed by atoms with van der Waals surface area (Å²) in [6.07, 6.45) is 3.49. The lowest BCUT2D eigenvalue weighted by Gasteiger charge is -2.24. The molecule has 0 bridgehead atoms. The van der Waals surface area contributed by atoms with E-state index in [1.165, 1.54) is 6.07 Å². The van der Waals surface area contributed by atoms with Crippen molar-refractivity contribution in [3.05, 3.63) is 35.5 Å². The lowest BCUT2D eigenvalue weighted by atomic mass is 9.90. The Bertz CT molecular complexity index is 789. The molecule has 0 aliphatic carbocycles. The molecule has 5 N–H and O–H groups in total. The number of piperidine rings is 1. The summed E-state index contributed by atoms with van der Waals surface area (Å²) >= 11 is 0. The van der Waals surface area contributed by atoms with Crippen LogP contribution >= 0.6 is 0 Å². The molecule has 0 spiro atoms. The maximum Gasteiger partial charge on any atom is 0.251 e. The predicted molar refractivity (Wildman–Crippen MR) is 86.9 cm³/mol. The minimum Gasteiger partial charge on any atom is -0.404 e. The smallest absolute Gasteiger partial charge is 0.251 e. The fourth-order valence-electron chi connectivity index (χ4n) is 3.23. The number of aryl methyl sites for hydroxylation is 1. The number of benzene rings is 1. The van der Waals surface area contributed by atoms with Crippen molar-refractivity contribution in [2.24, 2.45) is 24.4 Å². The Kier molecular flexibility index (Phi) is 4.04. The van der Waals surface area contributed by atoms with Crippen molar-refractivity contribution in [3.8, 4) is 0 Å². The zero-order valence-electron chi connectivity index (χ0n) is 13.0. The molecule has 1 aliphatic rings. The van der Waals surface area contributed by atoms with E-state index in [9.17, 15) is 9.18 Å². The molecule has 2 aromatic rings. The Morgan fingerprint density at radius 3 is 2.74 bits per heavy atom. The Balaban J connectivity index is 2.16. The number of nitrogens with two attached hydrogens (primary N) is 2. The molecule has 2 heterocycles. The second kappa shape index (κ2) is 6.00. The molecule has 0 radical (unpaired) electrons. The van der Waals surface area contributed by atoms with Crippen LogP contribution in [0.15, 0.2) is 18.3 Å². The third-order valence-electron chi connectivity index (χ3n) is 4.43. The van der Waals surface area contributed by atoms with Crippen LogP contribution in [0.4, 0.5) is 4.39 Å². The van der Waals surface area contributed by atoms with Crippen molar-refractivity contribution in [3.63, 3.8) is 0 Å². The molecule has 0 unspecified atom stereocenters. The van der Waals surface area contributed by atoms with Crippen LogP contribution in [0.25, 0.3) is 16.6 Å². The van der Waals surface area contributed by atoms with Gasteiger partial charge in [-0.1, -0.05) is 0 Å². The third-order valence-corrected chi connectivity index (χ3v) is 4.43. The molecule has 0 saturated carbocycles. The molecule has 1 aromatic heterocycles. The number of nitrogens with one attached hydrogen (secondary N) is 1. The van der Waals surface area contributed by atoms with Gasteiger partial charge in [-0.05, 0) is 44.0 Å². The summed E-state index contributed by atoms with van der Waals surface area (Å²) in [5.74, 6) is -0.263. The molecule has 7 heteroatoms. The molecular formula is C16H20FN5O. The van der Waals surface area contributed by atoms with E-state index in [1.54, 1.807) is 17.8 Å². The van der Waals surface area contributed by atoms with Crippen molar-refractivity contribution in [2.75, 3.05) is 13.1 Å². The topological polar surface area (TPSA) is 99.0 Å². The number of carbonyl (C=O) groups is 1.